The summed E-state index contributed by atoms with van der Waals surface area (Å²) >= 11 is 0. The first-order valence-corrected chi connectivity index (χ1v) is 11.4. The third-order valence-corrected chi connectivity index (χ3v) is 5.21. The highest BCUT2D eigenvalue weighted by molar-refractivity contribution is 5.73. The summed E-state index contributed by atoms with van der Waals surface area (Å²) in [5.41, 5.74) is 5.24. The molecule has 5 nitrogen and oxygen atoms in total. The van der Waals surface area contributed by atoms with Crippen molar-refractivity contribution in [3.05, 3.63) is 78.1 Å². The van der Waals surface area contributed by atoms with Crippen molar-refractivity contribution in [2.24, 2.45) is 0 Å². The lowest BCUT2D eigenvalue weighted by Gasteiger charge is -2.13. The Kier molecular flexibility index (Phi) is 8.85. The molecule has 4 rings (SSSR count). The number of aromatic amines is 1. The van der Waals surface area contributed by atoms with E-state index in [1.807, 2.05) is 48.8 Å². The van der Waals surface area contributed by atoms with Crippen LogP contribution in [0.4, 0.5) is 0 Å². The molecule has 0 saturated carbocycles. The number of aliphatic hydroxyl groups excluding tert-OH is 1. The van der Waals surface area contributed by atoms with Crippen LogP contribution in [0.5, 0.6) is 0 Å². The molecule has 0 bridgehead atoms. The van der Waals surface area contributed by atoms with Crippen LogP contribution in [0.25, 0.3) is 16.7 Å². The molecule has 0 aliphatic heterocycles. The zero-order valence-electron chi connectivity index (χ0n) is 18.7. The molecule has 0 saturated heterocycles. The molecule has 0 amide bonds. The summed E-state index contributed by atoms with van der Waals surface area (Å²) in [6.45, 7) is 4.33. The number of nitrogens with zero attached hydrogens (tertiary/aromatic N) is 3. The van der Waals surface area contributed by atoms with E-state index >= 15 is 0 Å². The first-order chi connectivity index (χ1) is 15.2. The van der Waals surface area contributed by atoms with Gasteiger partial charge in [-0.05, 0) is 73.2 Å². The van der Waals surface area contributed by atoms with E-state index in [4.69, 9.17) is 0 Å². The Bertz CT molecular complexity index is 973. The fourth-order valence-corrected chi connectivity index (χ4v) is 3.66. The molecule has 31 heavy (non-hydrogen) atoms. The summed E-state index contributed by atoms with van der Waals surface area (Å²) in [6.07, 6.45) is 10.7. The number of H-pyrrole nitrogens is 1. The van der Waals surface area contributed by atoms with Crippen LogP contribution in [-0.2, 0) is 12.8 Å². The average Bonchev–Trinajstić information content (AvgIpc) is 3.47. The normalized spacial score (nSPS) is 11.8. The van der Waals surface area contributed by atoms with Gasteiger partial charge in [0.15, 0.2) is 0 Å². The second-order valence-electron chi connectivity index (χ2n) is 7.97. The number of rotatable bonds is 9. The fraction of sp³-hybridized carbons (Fsp3) is 0.385. The zero-order chi connectivity index (χ0) is 21.9. The van der Waals surface area contributed by atoms with E-state index in [-0.39, 0.29) is 6.10 Å². The van der Waals surface area contributed by atoms with Gasteiger partial charge in [-0.3, -0.25) is 0 Å². The predicted molar refractivity (Wildman–Crippen MR) is 128 cm³/mol. The van der Waals surface area contributed by atoms with Crippen LogP contribution < -0.4 is 0 Å². The van der Waals surface area contributed by atoms with Crippen molar-refractivity contribution in [3.63, 3.8) is 0 Å². The number of nitrogens with one attached hydrogen (secondary N) is 1. The Morgan fingerprint density at radius 2 is 1.55 bits per heavy atom. The minimum Gasteiger partial charge on any atom is -0.393 e. The highest BCUT2D eigenvalue weighted by Crippen LogP contribution is 2.19. The molecular formula is C26H34N4O. The van der Waals surface area contributed by atoms with Crippen LogP contribution in [0.3, 0.4) is 0 Å². The monoisotopic (exact) mass is 418 g/mol. The molecule has 0 spiro atoms. The lowest BCUT2D eigenvalue weighted by Crippen LogP contribution is -2.11. The van der Waals surface area contributed by atoms with Gasteiger partial charge < -0.3 is 10.1 Å². The second-order valence-corrected chi connectivity index (χ2v) is 7.97. The molecule has 2 aromatic carbocycles. The molecule has 4 aromatic rings. The smallest absolute Gasteiger partial charge is 0.113 e. The molecule has 0 radical (unpaired) electrons. The lowest BCUT2D eigenvalue weighted by molar-refractivity contribution is 0.164. The van der Waals surface area contributed by atoms with Crippen molar-refractivity contribution in [2.45, 2.75) is 64.9 Å². The van der Waals surface area contributed by atoms with Crippen LogP contribution >= 0.6 is 0 Å². The number of benzene rings is 2. The summed E-state index contributed by atoms with van der Waals surface area (Å²) < 4.78 is 0. The highest BCUT2D eigenvalue weighted by Gasteiger charge is 2.10. The summed E-state index contributed by atoms with van der Waals surface area (Å²) in [4.78, 5) is 4.59. The Hall–Kier alpha value is -2.92. The van der Waals surface area contributed by atoms with Crippen LogP contribution in [0, 0.1) is 0 Å². The molecule has 2 N–H and O–H groups in total. The third-order valence-electron chi connectivity index (χ3n) is 5.21. The number of hydrogen-bond donors (Lipinski definition) is 2. The molecule has 164 valence electrons. The average molecular weight is 419 g/mol. The number of unbranched alkanes of at least 4 members (excludes halogenated alkanes) is 2. The van der Waals surface area contributed by atoms with Crippen molar-refractivity contribution in [3.8, 4) is 5.69 Å². The molecule has 1 unspecified atom stereocenters. The first-order valence-electron chi connectivity index (χ1n) is 11.4. The van der Waals surface area contributed by atoms with Gasteiger partial charge in [-0.2, -0.15) is 4.80 Å². The van der Waals surface area contributed by atoms with Crippen LogP contribution in [-0.4, -0.2) is 31.2 Å². The molecule has 2 heterocycles. The van der Waals surface area contributed by atoms with Gasteiger partial charge in [-0.1, -0.05) is 51.3 Å². The van der Waals surface area contributed by atoms with Crippen molar-refractivity contribution in [1.82, 2.24) is 20.0 Å². The molecule has 0 fully saturated rings. The molecule has 5 heteroatoms. The maximum atomic E-state index is 10.2. The van der Waals surface area contributed by atoms with E-state index in [0.717, 1.165) is 41.5 Å². The van der Waals surface area contributed by atoms with Gasteiger partial charge in [0, 0.05) is 12.4 Å². The summed E-state index contributed by atoms with van der Waals surface area (Å²) in [7, 11) is 0. The van der Waals surface area contributed by atoms with Gasteiger partial charge in [0.2, 0.25) is 0 Å². The summed E-state index contributed by atoms with van der Waals surface area (Å²) in [6, 6.07) is 18.3. The van der Waals surface area contributed by atoms with Crippen molar-refractivity contribution >= 4 is 11.0 Å². The van der Waals surface area contributed by atoms with E-state index in [1.165, 1.54) is 24.8 Å². The van der Waals surface area contributed by atoms with E-state index in [9.17, 15) is 5.11 Å². The zero-order valence-corrected chi connectivity index (χ0v) is 18.7. The number of fused-ring (bicyclic) bond motifs is 1. The number of aliphatic hydroxyl groups is 1. The van der Waals surface area contributed by atoms with E-state index < -0.39 is 0 Å². The van der Waals surface area contributed by atoms with Gasteiger partial charge in [0.05, 0.1) is 11.8 Å². The van der Waals surface area contributed by atoms with E-state index in [1.54, 1.807) is 4.80 Å². The number of aryl methyl sites for hydroxylation is 1. The Morgan fingerprint density at radius 3 is 2.13 bits per heavy atom. The van der Waals surface area contributed by atoms with Gasteiger partial charge in [0.1, 0.15) is 11.0 Å². The first kappa shape index (κ1) is 22.8. The van der Waals surface area contributed by atoms with Gasteiger partial charge in [-0.25, -0.2) is 0 Å². The minimum atomic E-state index is -0.289. The number of aromatic nitrogens is 4. The standard InChI is InChI=1S/C22H29N3O.C4H5N/c1-3-5-6-10-17-13-18(16-20(26)9-4-2)15-19(14-17)25-23-21-11-7-8-12-22(21)24-25;1-2-4-5-3-1/h7-8,11-15,20,26H,3-6,9-10,16H2,1-2H3;1-5H. The second kappa shape index (κ2) is 12.1. The van der Waals surface area contributed by atoms with Crippen molar-refractivity contribution in [1.29, 1.82) is 0 Å². The molecule has 2 aromatic heterocycles. The molecule has 0 aliphatic rings. The van der Waals surface area contributed by atoms with Crippen molar-refractivity contribution in [2.75, 3.05) is 0 Å². The van der Waals surface area contributed by atoms with Gasteiger partial charge in [0.25, 0.3) is 0 Å². The number of hydrogen-bond acceptors (Lipinski definition) is 3. The topological polar surface area (TPSA) is 66.7 Å². The minimum absolute atomic E-state index is 0.289. The van der Waals surface area contributed by atoms with Crippen LogP contribution in [0.15, 0.2) is 67.0 Å². The predicted octanol–water partition coefficient (Wildman–Crippen LogP) is 5.87. The Balaban J connectivity index is 0.000000478. The van der Waals surface area contributed by atoms with Gasteiger partial charge >= 0.3 is 0 Å². The highest BCUT2D eigenvalue weighted by atomic mass is 16.3. The van der Waals surface area contributed by atoms with Crippen LogP contribution in [0.1, 0.15) is 57.1 Å². The Morgan fingerprint density at radius 1 is 0.871 bits per heavy atom. The van der Waals surface area contributed by atoms with Crippen LogP contribution in [0.2, 0.25) is 0 Å². The summed E-state index contributed by atoms with van der Waals surface area (Å²) in [5, 5.41) is 19.5. The quantitative estimate of drug-likeness (QED) is 0.334. The van der Waals surface area contributed by atoms with E-state index in [0.29, 0.717) is 6.42 Å². The maximum absolute atomic E-state index is 10.2. The molecule has 0 aliphatic carbocycles. The van der Waals surface area contributed by atoms with Crippen molar-refractivity contribution < 1.29 is 5.11 Å². The summed E-state index contributed by atoms with van der Waals surface area (Å²) in [5.74, 6) is 0. The van der Waals surface area contributed by atoms with Gasteiger partial charge in [-0.15, -0.1) is 10.2 Å². The molecular weight excluding hydrogens is 384 g/mol. The lowest BCUT2D eigenvalue weighted by atomic mass is 9.99. The maximum Gasteiger partial charge on any atom is 0.113 e. The SMILES string of the molecule is CCCCCc1cc(CC(O)CCC)cc(-n2nc3ccccc3n2)c1.c1cc[nH]c1. The third kappa shape index (κ3) is 7.07. The Labute approximate surface area is 185 Å². The largest absolute Gasteiger partial charge is 0.393 e. The van der Waals surface area contributed by atoms with E-state index in [2.05, 4.69) is 47.2 Å². The molecule has 1 atom stereocenters. The fourth-order valence-electron chi connectivity index (χ4n) is 3.66.